The molecule has 0 fully saturated rings. The van der Waals surface area contributed by atoms with Crippen molar-refractivity contribution in [2.45, 2.75) is 32.1 Å². The molecule has 3 rings (SSSR count). The molecule has 2 aliphatic rings. The van der Waals surface area contributed by atoms with Gasteiger partial charge in [0.25, 0.3) is 0 Å². The lowest BCUT2D eigenvalue weighted by Gasteiger charge is -2.26. The number of aromatic nitrogens is 1. The molecular weight excluding hydrogens is 204 g/mol. The zero-order chi connectivity index (χ0) is 11.1. The van der Waals surface area contributed by atoms with Crippen molar-refractivity contribution >= 4 is 11.7 Å². The van der Waals surface area contributed by atoms with Gasteiger partial charge in [0.1, 0.15) is 5.69 Å². The number of carboxylic acids is 1. The molecule has 2 heterocycles. The van der Waals surface area contributed by atoms with Crippen molar-refractivity contribution in [3.63, 3.8) is 0 Å². The number of hydrogen-bond acceptors (Lipinski definition) is 2. The molecule has 0 radical (unpaired) electrons. The number of aromatic carboxylic acids is 1. The molecule has 4 nitrogen and oxygen atoms in total. The van der Waals surface area contributed by atoms with Crippen LogP contribution in [0.1, 0.15) is 41.7 Å². The summed E-state index contributed by atoms with van der Waals surface area (Å²) in [6.07, 6.45) is 7.38. The predicted octanol–water partition coefficient (Wildman–Crippen LogP) is 2.51. The minimum Gasteiger partial charge on any atom is -0.477 e. The molecule has 0 aromatic carbocycles. The van der Waals surface area contributed by atoms with Crippen LogP contribution in [-0.2, 0) is 6.42 Å². The fourth-order valence-electron chi connectivity index (χ4n) is 2.61. The number of nitrogens with one attached hydrogen (secondary N) is 2. The van der Waals surface area contributed by atoms with E-state index >= 15 is 0 Å². The Morgan fingerprint density at radius 1 is 1.31 bits per heavy atom. The second-order valence-electron chi connectivity index (χ2n) is 4.46. The Morgan fingerprint density at radius 2 is 2.12 bits per heavy atom. The highest BCUT2D eigenvalue weighted by atomic mass is 16.4. The van der Waals surface area contributed by atoms with Gasteiger partial charge in [0.2, 0.25) is 0 Å². The van der Waals surface area contributed by atoms with Crippen LogP contribution < -0.4 is 5.32 Å². The summed E-state index contributed by atoms with van der Waals surface area (Å²) in [5.41, 5.74) is 4.84. The predicted molar refractivity (Wildman–Crippen MR) is 60.6 cm³/mol. The number of aromatic amines is 1. The summed E-state index contributed by atoms with van der Waals surface area (Å²) >= 11 is 0. The first-order valence-corrected chi connectivity index (χ1v) is 5.67. The van der Waals surface area contributed by atoms with E-state index in [1.165, 1.54) is 24.1 Å². The van der Waals surface area contributed by atoms with E-state index in [9.17, 15) is 4.79 Å². The normalized spacial score (nSPS) is 18.8. The topological polar surface area (TPSA) is 65.1 Å². The van der Waals surface area contributed by atoms with E-state index < -0.39 is 5.97 Å². The first-order valence-electron chi connectivity index (χ1n) is 5.67. The minimum atomic E-state index is -0.895. The Hall–Kier alpha value is -1.71. The molecule has 1 aliphatic heterocycles. The van der Waals surface area contributed by atoms with Gasteiger partial charge in [0, 0.05) is 11.9 Å². The molecule has 0 unspecified atom stereocenters. The number of carbonyl (C=O) groups is 1. The van der Waals surface area contributed by atoms with E-state index in [0.29, 0.717) is 0 Å². The third-order valence-corrected chi connectivity index (χ3v) is 3.44. The van der Waals surface area contributed by atoms with Crippen LogP contribution >= 0.6 is 0 Å². The quantitative estimate of drug-likeness (QED) is 0.678. The zero-order valence-electron chi connectivity index (χ0n) is 8.97. The van der Waals surface area contributed by atoms with Crippen LogP contribution in [0.5, 0.6) is 0 Å². The molecule has 0 bridgehead atoms. The molecule has 1 aliphatic carbocycles. The van der Waals surface area contributed by atoms with Gasteiger partial charge in [0.15, 0.2) is 0 Å². The van der Waals surface area contributed by atoms with Crippen molar-refractivity contribution in [3.8, 4) is 0 Å². The lowest BCUT2D eigenvalue weighted by atomic mass is 9.89. The van der Waals surface area contributed by atoms with Crippen LogP contribution in [0.3, 0.4) is 0 Å². The summed E-state index contributed by atoms with van der Waals surface area (Å²) in [6, 6.07) is 0. The zero-order valence-corrected chi connectivity index (χ0v) is 8.97. The van der Waals surface area contributed by atoms with Crippen molar-refractivity contribution in [1.29, 1.82) is 0 Å². The Balaban J connectivity index is 2.00. The van der Waals surface area contributed by atoms with Gasteiger partial charge in [-0.1, -0.05) is 0 Å². The largest absolute Gasteiger partial charge is 0.477 e. The lowest BCUT2D eigenvalue weighted by Crippen LogP contribution is -2.16. The maximum Gasteiger partial charge on any atom is 0.354 e. The summed E-state index contributed by atoms with van der Waals surface area (Å²) in [5, 5.41) is 12.3. The van der Waals surface area contributed by atoms with E-state index in [-0.39, 0.29) is 5.69 Å². The standard InChI is InChI=1S/C12H14N2O2/c15-12(16)11-10-8(6-13-11)5-7-3-1-2-4-9(7)14-10/h6,13-14H,1-5H2,(H,15,16). The Labute approximate surface area is 93.4 Å². The number of allylic oxidation sites excluding steroid dienone is 2. The molecule has 0 atom stereocenters. The lowest BCUT2D eigenvalue weighted by molar-refractivity contribution is 0.0692. The molecule has 0 saturated heterocycles. The highest BCUT2D eigenvalue weighted by molar-refractivity contribution is 5.94. The van der Waals surface area contributed by atoms with Crippen LogP contribution in [-0.4, -0.2) is 16.1 Å². The minimum absolute atomic E-state index is 0.284. The van der Waals surface area contributed by atoms with Gasteiger partial charge in [0.05, 0.1) is 5.69 Å². The fourth-order valence-corrected chi connectivity index (χ4v) is 2.61. The van der Waals surface area contributed by atoms with Crippen LogP contribution in [0.4, 0.5) is 5.69 Å². The van der Waals surface area contributed by atoms with Crippen LogP contribution in [0, 0.1) is 0 Å². The number of hydrogen-bond donors (Lipinski definition) is 3. The molecule has 16 heavy (non-hydrogen) atoms. The van der Waals surface area contributed by atoms with E-state index in [0.717, 1.165) is 30.5 Å². The van der Waals surface area contributed by atoms with Crippen LogP contribution in [0.2, 0.25) is 0 Å². The molecule has 1 aromatic heterocycles. The van der Waals surface area contributed by atoms with Gasteiger partial charge >= 0.3 is 5.97 Å². The number of carboxylic acid groups (broad SMARTS) is 1. The maximum absolute atomic E-state index is 11.0. The van der Waals surface area contributed by atoms with Crippen molar-refractivity contribution < 1.29 is 9.90 Å². The average Bonchev–Trinajstić information content (AvgIpc) is 2.68. The van der Waals surface area contributed by atoms with Gasteiger partial charge in [-0.25, -0.2) is 4.79 Å². The molecule has 4 heteroatoms. The van der Waals surface area contributed by atoms with E-state index in [1.807, 2.05) is 6.20 Å². The second kappa shape index (κ2) is 3.40. The van der Waals surface area contributed by atoms with Crippen molar-refractivity contribution in [2.24, 2.45) is 0 Å². The first-order chi connectivity index (χ1) is 7.75. The third-order valence-electron chi connectivity index (χ3n) is 3.44. The second-order valence-corrected chi connectivity index (χ2v) is 4.46. The van der Waals surface area contributed by atoms with Gasteiger partial charge in [-0.15, -0.1) is 0 Å². The monoisotopic (exact) mass is 218 g/mol. The van der Waals surface area contributed by atoms with Gasteiger partial charge < -0.3 is 15.4 Å². The van der Waals surface area contributed by atoms with E-state index in [2.05, 4.69) is 10.3 Å². The summed E-state index contributed by atoms with van der Waals surface area (Å²) in [4.78, 5) is 13.8. The van der Waals surface area contributed by atoms with Gasteiger partial charge in [-0.2, -0.15) is 0 Å². The average molecular weight is 218 g/mol. The van der Waals surface area contributed by atoms with Crippen LogP contribution in [0.15, 0.2) is 17.5 Å². The van der Waals surface area contributed by atoms with Crippen molar-refractivity contribution in [2.75, 3.05) is 5.32 Å². The molecule has 3 N–H and O–H groups in total. The summed E-state index contributed by atoms with van der Waals surface area (Å²) in [5.74, 6) is -0.895. The molecule has 1 aromatic rings. The smallest absolute Gasteiger partial charge is 0.354 e. The molecule has 0 spiro atoms. The fraction of sp³-hybridized carbons (Fsp3) is 0.417. The third kappa shape index (κ3) is 1.33. The van der Waals surface area contributed by atoms with Crippen molar-refractivity contribution in [1.82, 2.24) is 4.98 Å². The Morgan fingerprint density at radius 3 is 2.94 bits per heavy atom. The first kappa shape index (κ1) is 9.51. The van der Waals surface area contributed by atoms with Gasteiger partial charge in [-0.05, 0) is 43.2 Å². The maximum atomic E-state index is 11.0. The van der Waals surface area contributed by atoms with Crippen molar-refractivity contribution in [3.05, 3.63) is 28.7 Å². The van der Waals surface area contributed by atoms with E-state index in [4.69, 9.17) is 5.11 Å². The number of rotatable bonds is 1. The molecule has 0 saturated carbocycles. The molecular formula is C12H14N2O2. The highest BCUT2D eigenvalue weighted by Gasteiger charge is 2.25. The summed E-state index contributed by atoms with van der Waals surface area (Å²) in [7, 11) is 0. The SMILES string of the molecule is O=C(O)c1[nH]cc2c1NC1=C(CCCC1)C2. The number of fused-ring (bicyclic) bond motifs is 1. The summed E-state index contributed by atoms with van der Waals surface area (Å²) in [6.45, 7) is 0. The molecule has 84 valence electrons. The summed E-state index contributed by atoms with van der Waals surface area (Å²) < 4.78 is 0. The van der Waals surface area contributed by atoms with Gasteiger partial charge in [-0.3, -0.25) is 0 Å². The Bertz CT molecular complexity index is 485. The highest BCUT2D eigenvalue weighted by Crippen LogP contribution is 2.36. The van der Waals surface area contributed by atoms with E-state index in [1.54, 1.807) is 0 Å². The van der Waals surface area contributed by atoms with Crippen LogP contribution in [0.25, 0.3) is 0 Å². The number of anilines is 1. The number of H-pyrrole nitrogens is 1. The molecule has 0 amide bonds. The Kier molecular flexibility index (Phi) is 2.02.